The van der Waals surface area contributed by atoms with Crippen molar-refractivity contribution in [2.75, 3.05) is 0 Å². The summed E-state index contributed by atoms with van der Waals surface area (Å²) in [6.07, 6.45) is -0.507. The second-order valence-electron chi connectivity index (χ2n) is 2.84. The van der Waals surface area contributed by atoms with Crippen LogP contribution >= 0.6 is 0 Å². The van der Waals surface area contributed by atoms with Crippen LogP contribution < -0.4 is 0 Å². The third kappa shape index (κ3) is 4.21. The maximum absolute atomic E-state index is 12.1. The van der Waals surface area contributed by atoms with Crippen LogP contribution in [0.4, 0.5) is 13.2 Å². The van der Waals surface area contributed by atoms with Gasteiger partial charge in [0.25, 0.3) is 0 Å². The predicted octanol–water partition coefficient (Wildman–Crippen LogP) is 3.71. The minimum atomic E-state index is -4.22. The molecule has 12 heavy (non-hydrogen) atoms. The van der Waals surface area contributed by atoms with Gasteiger partial charge >= 0.3 is 6.18 Å². The fraction of sp³-hybridized carbons (Fsp3) is 0.556. The first-order valence-electron chi connectivity index (χ1n) is 3.79. The predicted molar refractivity (Wildman–Crippen MR) is 43.8 cm³/mol. The first-order chi connectivity index (χ1) is 5.38. The van der Waals surface area contributed by atoms with Crippen LogP contribution in [0.5, 0.6) is 0 Å². The second-order valence-corrected chi connectivity index (χ2v) is 2.84. The molecule has 0 saturated heterocycles. The van der Waals surface area contributed by atoms with Gasteiger partial charge in [-0.15, -0.1) is 0 Å². The van der Waals surface area contributed by atoms with E-state index in [0.29, 0.717) is 0 Å². The molecule has 0 aromatic heterocycles. The lowest BCUT2D eigenvalue weighted by molar-refractivity contribution is -0.0883. The largest absolute Gasteiger partial charge is 0.416 e. The SMILES string of the molecule is C/C=C(\C=C/C(C)C)C(F)(F)F. The number of alkyl halides is 3. The average molecular weight is 178 g/mol. The van der Waals surface area contributed by atoms with Crippen LogP contribution in [0.25, 0.3) is 0 Å². The molecule has 0 N–H and O–H groups in total. The van der Waals surface area contributed by atoms with E-state index in [9.17, 15) is 13.2 Å². The van der Waals surface area contributed by atoms with Crippen molar-refractivity contribution in [3.63, 3.8) is 0 Å². The fourth-order valence-corrected chi connectivity index (χ4v) is 0.650. The zero-order valence-electron chi connectivity index (χ0n) is 7.44. The van der Waals surface area contributed by atoms with Gasteiger partial charge in [-0.3, -0.25) is 0 Å². The van der Waals surface area contributed by atoms with E-state index in [-0.39, 0.29) is 5.92 Å². The van der Waals surface area contributed by atoms with Crippen molar-refractivity contribution >= 4 is 0 Å². The minimum absolute atomic E-state index is 0.141. The normalized spacial score (nSPS) is 14.8. The molecule has 0 nitrogen and oxygen atoms in total. The molecule has 0 aliphatic heterocycles. The second kappa shape index (κ2) is 4.33. The number of hydrogen-bond donors (Lipinski definition) is 0. The van der Waals surface area contributed by atoms with Crippen molar-refractivity contribution < 1.29 is 13.2 Å². The van der Waals surface area contributed by atoms with Gasteiger partial charge in [-0.05, 0) is 12.8 Å². The summed E-state index contributed by atoms with van der Waals surface area (Å²) in [6.45, 7) is 5.05. The summed E-state index contributed by atoms with van der Waals surface area (Å²) in [6, 6.07) is 0. The van der Waals surface area contributed by atoms with Crippen LogP contribution in [0.1, 0.15) is 20.8 Å². The van der Waals surface area contributed by atoms with E-state index in [4.69, 9.17) is 0 Å². The Bertz CT molecular complexity index is 184. The Morgan fingerprint density at radius 2 is 1.75 bits per heavy atom. The molecular weight excluding hydrogens is 165 g/mol. The van der Waals surface area contributed by atoms with E-state index >= 15 is 0 Å². The van der Waals surface area contributed by atoms with Crippen LogP contribution in [0.2, 0.25) is 0 Å². The van der Waals surface area contributed by atoms with Gasteiger partial charge in [-0.25, -0.2) is 0 Å². The molecule has 0 aromatic carbocycles. The molecule has 70 valence electrons. The lowest BCUT2D eigenvalue weighted by atomic mass is 10.1. The van der Waals surface area contributed by atoms with Crippen LogP contribution in [0.3, 0.4) is 0 Å². The lowest BCUT2D eigenvalue weighted by Crippen LogP contribution is -2.09. The molecule has 0 atom stereocenters. The summed E-state index contributed by atoms with van der Waals surface area (Å²) in [5.41, 5.74) is -0.587. The van der Waals surface area contributed by atoms with Gasteiger partial charge in [0.05, 0.1) is 5.57 Å². The van der Waals surface area contributed by atoms with E-state index < -0.39 is 11.7 Å². The van der Waals surface area contributed by atoms with Gasteiger partial charge in [0.1, 0.15) is 0 Å². The molecule has 0 heterocycles. The Morgan fingerprint density at radius 3 is 2.00 bits per heavy atom. The molecule has 0 aliphatic rings. The Labute approximate surface area is 70.8 Å². The van der Waals surface area contributed by atoms with Crippen molar-refractivity contribution in [1.82, 2.24) is 0 Å². The summed E-state index contributed by atoms with van der Waals surface area (Å²) in [5.74, 6) is 0.141. The van der Waals surface area contributed by atoms with Crippen molar-refractivity contribution in [3.8, 4) is 0 Å². The van der Waals surface area contributed by atoms with E-state index in [2.05, 4.69) is 0 Å². The third-order valence-corrected chi connectivity index (χ3v) is 1.30. The first kappa shape index (κ1) is 11.3. The number of allylic oxidation sites excluding steroid dienone is 4. The smallest absolute Gasteiger partial charge is 0.166 e. The molecule has 0 radical (unpaired) electrons. The molecule has 0 aliphatic carbocycles. The Kier molecular flexibility index (Phi) is 4.07. The highest BCUT2D eigenvalue weighted by Gasteiger charge is 2.30. The van der Waals surface area contributed by atoms with Crippen LogP contribution in [-0.4, -0.2) is 6.18 Å². The Morgan fingerprint density at radius 1 is 1.25 bits per heavy atom. The van der Waals surface area contributed by atoms with Crippen molar-refractivity contribution in [2.24, 2.45) is 5.92 Å². The zero-order valence-corrected chi connectivity index (χ0v) is 7.44. The first-order valence-corrected chi connectivity index (χ1v) is 3.79. The van der Waals surface area contributed by atoms with Gasteiger partial charge in [-0.2, -0.15) is 13.2 Å². The molecule has 0 spiro atoms. The topological polar surface area (TPSA) is 0 Å². The van der Waals surface area contributed by atoms with Crippen LogP contribution in [0, 0.1) is 5.92 Å². The molecule has 0 rings (SSSR count). The molecule has 0 saturated carbocycles. The molecule has 3 heteroatoms. The highest BCUT2D eigenvalue weighted by Crippen LogP contribution is 2.26. The fourth-order valence-electron chi connectivity index (χ4n) is 0.650. The average Bonchev–Trinajstić information content (AvgIpc) is 1.85. The number of hydrogen-bond acceptors (Lipinski definition) is 0. The van der Waals surface area contributed by atoms with E-state index in [1.165, 1.54) is 13.0 Å². The number of halogens is 3. The van der Waals surface area contributed by atoms with Gasteiger partial charge < -0.3 is 0 Å². The summed E-state index contributed by atoms with van der Waals surface area (Å²) in [5, 5.41) is 0. The Hall–Kier alpha value is -0.730. The van der Waals surface area contributed by atoms with Gasteiger partial charge in [0.15, 0.2) is 0 Å². The molecule has 0 bridgehead atoms. The summed E-state index contributed by atoms with van der Waals surface area (Å²) < 4.78 is 36.2. The Balaban J connectivity index is 4.42. The zero-order chi connectivity index (χ0) is 9.78. The van der Waals surface area contributed by atoms with Gasteiger partial charge in [0, 0.05) is 0 Å². The summed E-state index contributed by atoms with van der Waals surface area (Å²) >= 11 is 0. The lowest BCUT2D eigenvalue weighted by Gasteiger charge is -2.06. The standard InChI is InChI=1S/C9H13F3/c1-4-8(9(10,11)12)6-5-7(2)3/h4-7H,1-3H3/b6-5-,8-4+. The quantitative estimate of drug-likeness (QED) is 0.565. The molecular formula is C9H13F3. The van der Waals surface area contributed by atoms with E-state index in [0.717, 1.165) is 12.2 Å². The van der Waals surface area contributed by atoms with Crippen molar-refractivity contribution in [2.45, 2.75) is 26.9 Å². The van der Waals surface area contributed by atoms with Gasteiger partial charge in [0.2, 0.25) is 0 Å². The minimum Gasteiger partial charge on any atom is -0.166 e. The number of rotatable bonds is 2. The van der Waals surface area contributed by atoms with Crippen molar-refractivity contribution in [1.29, 1.82) is 0 Å². The monoisotopic (exact) mass is 178 g/mol. The summed E-state index contributed by atoms with van der Waals surface area (Å²) in [7, 11) is 0. The van der Waals surface area contributed by atoms with E-state index in [1.807, 2.05) is 13.8 Å². The highest BCUT2D eigenvalue weighted by atomic mass is 19.4. The molecule has 0 unspecified atom stereocenters. The maximum atomic E-state index is 12.1. The maximum Gasteiger partial charge on any atom is 0.416 e. The van der Waals surface area contributed by atoms with Gasteiger partial charge in [-0.1, -0.05) is 32.1 Å². The highest BCUT2D eigenvalue weighted by molar-refractivity contribution is 5.23. The van der Waals surface area contributed by atoms with Crippen LogP contribution in [0.15, 0.2) is 23.8 Å². The molecule has 0 fully saturated rings. The molecule has 0 aromatic rings. The summed E-state index contributed by atoms with van der Waals surface area (Å²) in [4.78, 5) is 0. The third-order valence-electron chi connectivity index (χ3n) is 1.30. The van der Waals surface area contributed by atoms with Crippen molar-refractivity contribution in [3.05, 3.63) is 23.8 Å². The van der Waals surface area contributed by atoms with Crippen LogP contribution in [-0.2, 0) is 0 Å². The molecule has 0 amide bonds. The van der Waals surface area contributed by atoms with E-state index in [1.54, 1.807) is 0 Å².